The summed E-state index contributed by atoms with van der Waals surface area (Å²) in [7, 11) is 0. The van der Waals surface area contributed by atoms with Crippen molar-refractivity contribution in [3.63, 3.8) is 0 Å². The molecule has 0 spiro atoms. The Bertz CT molecular complexity index is 210. The van der Waals surface area contributed by atoms with Crippen LogP contribution in [-0.2, 0) is 9.53 Å². The molecule has 1 amide bonds. The number of nitrogens with two attached hydrogens (primary N) is 1. The number of hydrogen-bond acceptors (Lipinski definition) is 5. The van der Waals surface area contributed by atoms with Gasteiger partial charge in [0, 0.05) is 12.3 Å². The van der Waals surface area contributed by atoms with Gasteiger partial charge in [0.15, 0.2) is 0 Å². The van der Waals surface area contributed by atoms with Crippen LogP contribution < -0.4 is 5.73 Å². The van der Waals surface area contributed by atoms with Crippen molar-refractivity contribution in [2.45, 2.75) is 24.7 Å². The van der Waals surface area contributed by atoms with Crippen LogP contribution in [0.3, 0.4) is 0 Å². The summed E-state index contributed by atoms with van der Waals surface area (Å²) < 4.78 is 5.06. The Balaban J connectivity index is 2.54. The quantitative estimate of drug-likeness (QED) is 0.410. The molecule has 1 aliphatic heterocycles. The number of primary amides is 1. The molecule has 5 N–H and O–H groups in total. The second kappa shape index (κ2) is 4.70. The van der Waals surface area contributed by atoms with E-state index in [1.54, 1.807) is 0 Å². The third-order valence-corrected chi connectivity index (χ3v) is 2.38. The Morgan fingerprint density at radius 2 is 2.07 bits per heavy atom. The maximum absolute atomic E-state index is 10.6. The number of amides is 1. The van der Waals surface area contributed by atoms with Crippen molar-refractivity contribution >= 4 is 5.91 Å². The highest BCUT2D eigenvalue weighted by molar-refractivity contribution is 5.74. The van der Waals surface area contributed by atoms with E-state index < -0.39 is 30.1 Å². The number of ether oxygens (including phenoxy) is 1. The molecule has 6 nitrogen and oxygen atoms in total. The van der Waals surface area contributed by atoms with E-state index in [9.17, 15) is 15.0 Å². The van der Waals surface area contributed by atoms with Crippen molar-refractivity contribution < 1.29 is 24.9 Å². The standard InChI is InChI=1S/C8H15NO5/c9-6(11)1-4-3-14-5(2-10)8(13)7(4)12/h4-5,7-8,10,12-13H,1-3H2,(H2,9,11)/t4-,5-,7-,8-/m1/s1. The first-order chi connectivity index (χ1) is 6.56. The fourth-order valence-corrected chi connectivity index (χ4v) is 1.54. The summed E-state index contributed by atoms with van der Waals surface area (Å²) >= 11 is 0. The Morgan fingerprint density at radius 1 is 1.43 bits per heavy atom. The van der Waals surface area contributed by atoms with Gasteiger partial charge in [0.2, 0.25) is 5.91 Å². The molecule has 0 unspecified atom stereocenters. The van der Waals surface area contributed by atoms with E-state index in [0.717, 1.165) is 0 Å². The smallest absolute Gasteiger partial charge is 0.217 e. The van der Waals surface area contributed by atoms with E-state index >= 15 is 0 Å². The van der Waals surface area contributed by atoms with Crippen LogP contribution in [0.15, 0.2) is 0 Å². The molecule has 82 valence electrons. The van der Waals surface area contributed by atoms with E-state index in [0.29, 0.717) is 0 Å². The first-order valence-corrected chi connectivity index (χ1v) is 4.43. The minimum Gasteiger partial charge on any atom is -0.394 e. The first kappa shape index (κ1) is 11.4. The molecule has 1 fully saturated rings. The van der Waals surface area contributed by atoms with Crippen LogP contribution >= 0.6 is 0 Å². The third kappa shape index (κ3) is 2.42. The van der Waals surface area contributed by atoms with Gasteiger partial charge in [-0.2, -0.15) is 0 Å². The molecule has 0 aliphatic carbocycles. The fraction of sp³-hybridized carbons (Fsp3) is 0.875. The van der Waals surface area contributed by atoms with E-state index in [1.807, 2.05) is 0 Å². The van der Waals surface area contributed by atoms with Crippen LogP contribution in [0.1, 0.15) is 6.42 Å². The topological polar surface area (TPSA) is 113 Å². The summed E-state index contributed by atoms with van der Waals surface area (Å²) in [4.78, 5) is 10.6. The summed E-state index contributed by atoms with van der Waals surface area (Å²) in [5.74, 6) is -1.04. The van der Waals surface area contributed by atoms with Crippen LogP contribution in [0.25, 0.3) is 0 Å². The molecule has 6 heteroatoms. The predicted molar refractivity (Wildman–Crippen MR) is 46.1 cm³/mol. The van der Waals surface area contributed by atoms with Gasteiger partial charge in [0.25, 0.3) is 0 Å². The molecule has 4 atom stereocenters. The average Bonchev–Trinajstić information content (AvgIpc) is 2.13. The zero-order valence-corrected chi connectivity index (χ0v) is 7.67. The third-order valence-electron chi connectivity index (χ3n) is 2.38. The van der Waals surface area contributed by atoms with Gasteiger partial charge < -0.3 is 25.8 Å². The SMILES string of the molecule is NC(=O)C[C@@H]1CO[C@H](CO)[C@@H](O)[C@@H]1O. The molecule has 0 aromatic heterocycles. The highest BCUT2D eigenvalue weighted by atomic mass is 16.5. The van der Waals surface area contributed by atoms with Crippen molar-refractivity contribution in [1.29, 1.82) is 0 Å². The molecular weight excluding hydrogens is 190 g/mol. The Morgan fingerprint density at radius 3 is 2.57 bits per heavy atom. The Labute approximate surface area is 81.3 Å². The van der Waals surface area contributed by atoms with Crippen LogP contribution in [0, 0.1) is 5.92 Å². The molecule has 1 saturated heterocycles. The van der Waals surface area contributed by atoms with Crippen LogP contribution in [-0.4, -0.2) is 52.8 Å². The van der Waals surface area contributed by atoms with Crippen LogP contribution in [0.2, 0.25) is 0 Å². The maximum Gasteiger partial charge on any atom is 0.217 e. The van der Waals surface area contributed by atoms with E-state index in [1.165, 1.54) is 0 Å². The number of aliphatic hydroxyl groups excluding tert-OH is 3. The fourth-order valence-electron chi connectivity index (χ4n) is 1.54. The van der Waals surface area contributed by atoms with Gasteiger partial charge in [-0.3, -0.25) is 4.79 Å². The van der Waals surface area contributed by atoms with Crippen molar-refractivity contribution in [3.05, 3.63) is 0 Å². The van der Waals surface area contributed by atoms with Gasteiger partial charge in [0.1, 0.15) is 12.2 Å². The minimum atomic E-state index is -1.17. The van der Waals surface area contributed by atoms with Gasteiger partial charge in [-0.25, -0.2) is 0 Å². The lowest BCUT2D eigenvalue weighted by atomic mass is 9.90. The van der Waals surface area contributed by atoms with Crippen molar-refractivity contribution in [1.82, 2.24) is 0 Å². The van der Waals surface area contributed by atoms with Crippen molar-refractivity contribution in [3.8, 4) is 0 Å². The number of rotatable bonds is 3. The first-order valence-electron chi connectivity index (χ1n) is 4.43. The van der Waals surface area contributed by atoms with Gasteiger partial charge in [0.05, 0.1) is 19.3 Å². The van der Waals surface area contributed by atoms with Gasteiger partial charge in [-0.15, -0.1) is 0 Å². The second-order valence-corrected chi connectivity index (χ2v) is 3.47. The molecule has 0 saturated carbocycles. The summed E-state index contributed by atoms with van der Waals surface area (Å²) in [5.41, 5.74) is 4.96. The van der Waals surface area contributed by atoms with E-state index in [-0.39, 0.29) is 19.6 Å². The zero-order chi connectivity index (χ0) is 10.7. The van der Waals surface area contributed by atoms with E-state index in [2.05, 4.69) is 0 Å². The molecule has 1 aliphatic rings. The molecule has 0 bridgehead atoms. The Kier molecular flexibility index (Phi) is 3.82. The largest absolute Gasteiger partial charge is 0.394 e. The molecular formula is C8H15NO5. The highest BCUT2D eigenvalue weighted by Crippen LogP contribution is 2.22. The maximum atomic E-state index is 10.6. The summed E-state index contributed by atoms with van der Waals surface area (Å²) in [6.07, 6.45) is -3.06. The van der Waals surface area contributed by atoms with Gasteiger partial charge >= 0.3 is 0 Å². The summed E-state index contributed by atoms with van der Waals surface area (Å²) in [5, 5.41) is 27.7. The molecule has 1 heterocycles. The molecule has 0 aromatic rings. The zero-order valence-electron chi connectivity index (χ0n) is 7.67. The van der Waals surface area contributed by atoms with E-state index in [4.69, 9.17) is 15.6 Å². The second-order valence-electron chi connectivity index (χ2n) is 3.47. The lowest BCUT2D eigenvalue weighted by Crippen LogP contribution is -2.52. The van der Waals surface area contributed by atoms with Crippen LogP contribution in [0.5, 0.6) is 0 Å². The summed E-state index contributed by atoms with van der Waals surface area (Å²) in [6.45, 7) is -0.242. The molecule has 14 heavy (non-hydrogen) atoms. The van der Waals surface area contributed by atoms with Crippen molar-refractivity contribution in [2.24, 2.45) is 11.7 Å². The minimum absolute atomic E-state index is 0.0314. The number of carbonyl (C=O) groups excluding carboxylic acids is 1. The molecule has 0 radical (unpaired) electrons. The summed E-state index contributed by atoms with van der Waals surface area (Å²) in [6, 6.07) is 0. The number of hydrogen-bond donors (Lipinski definition) is 4. The lowest BCUT2D eigenvalue weighted by molar-refractivity contribution is -0.176. The predicted octanol–water partition coefficient (Wildman–Crippen LogP) is -2.41. The average molecular weight is 205 g/mol. The molecule has 1 rings (SSSR count). The Hall–Kier alpha value is -0.690. The monoisotopic (exact) mass is 205 g/mol. The van der Waals surface area contributed by atoms with Crippen molar-refractivity contribution in [2.75, 3.05) is 13.2 Å². The van der Waals surface area contributed by atoms with Gasteiger partial charge in [-0.1, -0.05) is 0 Å². The lowest BCUT2D eigenvalue weighted by Gasteiger charge is -2.36. The van der Waals surface area contributed by atoms with Crippen LogP contribution in [0.4, 0.5) is 0 Å². The number of aliphatic hydroxyl groups is 3. The normalized spacial score (nSPS) is 38.2. The van der Waals surface area contributed by atoms with Gasteiger partial charge in [-0.05, 0) is 0 Å². The number of carbonyl (C=O) groups is 1. The highest BCUT2D eigenvalue weighted by Gasteiger charge is 2.38. The molecule has 0 aromatic carbocycles.